The molecule has 1 aromatic carbocycles. The first kappa shape index (κ1) is 12.3. The Labute approximate surface area is 102 Å². The van der Waals surface area contributed by atoms with Crippen LogP contribution in [0, 0.1) is 0 Å². The van der Waals surface area contributed by atoms with Crippen molar-refractivity contribution in [2.24, 2.45) is 0 Å². The molecule has 1 saturated heterocycles. The summed E-state index contributed by atoms with van der Waals surface area (Å²) in [6.45, 7) is 3.14. The molecule has 91 valence electrons. The highest BCUT2D eigenvalue weighted by atomic mass is 16.3. The van der Waals surface area contributed by atoms with Gasteiger partial charge < -0.3 is 5.11 Å². The van der Waals surface area contributed by atoms with E-state index in [-0.39, 0.29) is 12.0 Å². The lowest BCUT2D eigenvalue weighted by Crippen LogP contribution is -2.38. The van der Waals surface area contributed by atoms with Crippen molar-refractivity contribution in [3.63, 3.8) is 0 Å². The maximum absolute atomic E-state index is 11.1. The van der Waals surface area contributed by atoms with Gasteiger partial charge in [-0.15, -0.1) is 0 Å². The van der Waals surface area contributed by atoms with Crippen molar-refractivity contribution in [2.75, 3.05) is 13.1 Å². The Morgan fingerprint density at radius 2 is 2.18 bits per heavy atom. The fourth-order valence-electron chi connectivity index (χ4n) is 2.61. The molecule has 2 rings (SSSR count). The molecule has 0 saturated carbocycles. The van der Waals surface area contributed by atoms with Gasteiger partial charge in [0.05, 0.1) is 12.1 Å². The first-order valence-electron chi connectivity index (χ1n) is 6.07. The normalized spacial score (nSPS) is 26.9. The zero-order chi connectivity index (χ0) is 12.3. The molecule has 1 aliphatic rings. The van der Waals surface area contributed by atoms with Crippen molar-refractivity contribution in [3.05, 3.63) is 35.9 Å². The molecule has 1 aromatic rings. The van der Waals surface area contributed by atoms with Crippen LogP contribution >= 0.6 is 0 Å². The smallest absolute Gasteiger partial charge is 0.217 e. The van der Waals surface area contributed by atoms with Gasteiger partial charge in [0.2, 0.25) is 6.29 Å². The SMILES string of the molecule is CC(O)CN1CCC(c2ccccc2)[C@H]1[C]=O. The van der Waals surface area contributed by atoms with Crippen LogP contribution in [0.25, 0.3) is 0 Å². The number of β-amino-alcohol motifs (C(OH)–C–C–N with tert-alkyl or cyclic N) is 1. The molecule has 2 unspecified atom stereocenters. The quantitative estimate of drug-likeness (QED) is 0.851. The Bertz CT molecular complexity index is 364. The van der Waals surface area contributed by atoms with Crippen molar-refractivity contribution in [3.8, 4) is 0 Å². The number of carbonyl (C=O) groups excluding carboxylic acids is 1. The number of aliphatic hydroxyl groups is 1. The summed E-state index contributed by atoms with van der Waals surface area (Å²) in [5.41, 5.74) is 1.19. The molecule has 1 aliphatic heterocycles. The Kier molecular flexibility index (Phi) is 3.92. The van der Waals surface area contributed by atoms with Gasteiger partial charge in [0.25, 0.3) is 0 Å². The van der Waals surface area contributed by atoms with Gasteiger partial charge in [-0.1, -0.05) is 30.3 Å². The maximum Gasteiger partial charge on any atom is 0.217 e. The number of hydrogen-bond donors (Lipinski definition) is 1. The fourth-order valence-corrected chi connectivity index (χ4v) is 2.61. The number of benzene rings is 1. The Morgan fingerprint density at radius 3 is 2.76 bits per heavy atom. The van der Waals surface area contributed by atoms with E-state index in [1.807, 2.05) is 23.1 Å². The minimum Gasteiger partial charge on any atom is -0.392 e. The predicted molar refractivity (Wildman–Crippen MR) is 66.5 cm³/mol. The van der Waals surface area contributed by atoms with Gasteiger partial charge in [-0.25, -0.2) is 0 Å². The zero-order valence-corrected chi connectivity index (χ0v) is 10.0. The second-order valence-corrected chi connectivity index (χ2v) is 4.71. The highest BCUT2D eigenvalue weighted by molar-refractivity contribution is 5.62. The van der Waals surface area contributed by atoms with Crippen molar-refractivity contribution in [1.82, 2.24) is 4.90 Å². The van der Waals surface area contributed by atoms with Crippen molar-refractivity contribution < 1.29 is 9.90 Å². The summed E-state index contributed by atoms with van der Waals surface area (Å²) in [5.74, 6) is 0.215. The average Bonchev–Trinajstić information content (AvgIpc) is 2.72. The highest BCUT2D eigenvalue weighted by Crippen LogP contribution is 2.32. The van der Waals surface area contributed by atoms with E-state index < -0.39 is 6.10 Å². The third-order valence-corrected chi connectivity index (χ3v) is 3.35. The highest BCUT2D eigenvalue weighted by Gasteiger charge is 2.35. The monoisotopic (exact) mass is 232 g/mol. The van der Waals surface area contributed by atoms with Crippen LogP contribution in [-0.4, -0.2) is 41.5 Å². The van der Waals surface area contributed by atoms with Crippen LogP contribution in [0.5, 0.6) is 0 Å². The van der Waals surface area contributed by atoms with Crippen molar-refractivity contribution in [2.45, 2.75) is 31.4 Å². The van der Waals surface area contributed by atoms with E-state index >= 15 is 0 Å². The molecule has 0 bridgehead atoms. The van der Waals surface area contributed by atoms with Gasteiger partial charge in [-0.2, -0.15) is 0 Å². The summed E-state index contributed by atoms with van der Waals surface area (Å²) >= 11 is 0. The van der Waals surface area contributed by atoms with Gasteiger partial charge in [0.15, 0.2) is 0 Å². The number of rotatable bonds is 4. The molecule has 1 radical (unpaired) electrons. The maximum atomic E-state index is 11.1. The van der Waals surface area contributed by atoms with Crippen molar-refractivity contribution in [1.29, 1.82) is 0 Å². The number of nitrogens with zero attached hydrogens (tertiary/aromatic N) is 1. The molecular formula is C14H18NO2. The second kappa shape index (κ2) is 5.43. The summed E-state index contributed by atoms with van der Waals surface area (Å²) in [4.78, 5) is 13.2. The fraction of sp³-hybridized carbons (Fsp3) is 0.500. The van der Waals surface area contributed by atoms with Crippen LogP contribution in [0.2, 0.25) is 0 Å². The second-order valence-electron chi connectivity index (χ2n) is 4.71. The molecule has 0 aliphatic carbocycles. The molecule has 3 atom stereocenters. The molecule has 0 amide bonds. The van der Waals surface area contributed by atoms with Gasteiger partial charge in [0, 0.05) is 12.5 Å². The van der Waals surface area contributed by atoms with Gasteiger partial charge in [-0.3, -0.25) is 9.69 Å². The van der Waals surface area contributed by atoms with E-state index in [2.05, 4.69) is 18.4 Å². The number of hydrogen-bond acceptors (Lipinski definition) is 3. The van der Waals surface area contributed by atoms with Gasteiger partial charge in [-0.05, 0) is 25.5 Å². The summed E-state index contributed by atoms with van der Waals surface area (Å²) in [7, 11) is 0. The first-order valence-corrected chi connectivity index (χ1v) is 6.07. The lowest BCUT2D eigenvalue weighted by Gasteiger charge is -2.24. The number of likely N-dealkylation sites (tertiary alicyclic amines) is 1. The van der Waals surface area contributed by atoms with E-state index in [0.29, 0.717) is 6.54 Å². The van der Waals surface area contributed by atoms with Crippen LogP contribution in [-0.2, 0) is 4.79 Å². The average molecular weight is 232 g/mol. The van der Waals surface area contributed by atoms with Crippen LogP contribution in [0.1, 0.15) is 24.8 Å². The van der Waals surface area contributed by atoms with Crippen LogP contribution in [0.4, 0.5) is 0 Å². The summed E-state index contributed by atoms with van der Waals surface area (Å²) in [6, 6.07) is 9.86. The number of aliphatic hydroxyl groups excluding tert-OH is 1. The summed E-state index contributed by atoms with van der Waals surface area (Å²) in [6.07, 6.45) is 2.69. The van der Waals surface area contributed by atoms with Crippen LogP contribution < -0.4 is 0 Å². The molecule has 1 heterocycles. The van der Waals surface area contributed by atoms with E-state index in [1.165, 1.54) is 5.56 Å². The molecule has 3 heteroatoms. The molecule has 1 fully saturated rings. The first-order chi connectivity index (χ1) is 8.22. The molecular weight excluding hydrogens is 214 g/mol. The third kappa shape index (κ3) is 2.73. The van der Waals surface area contributed by atoms with E-state index in [9.17, 15) is 9.90 Å². The van der Waals surface area contributed by atoms with E-state index in [4.69, 9.17) is 0 Å². The predicted octanol–water partition coefficient (Wildman–Crippen LogP) is 1.34. The zero-order valence-electron chi connectivity index (χ0n) is 10.0. The lowest BCUT2D eigenvalue weighted by molar-refractivity contribution is 0.130. The molecule has 3 nitrogen and oxygen atoms in total. The molecule has 1 N–H and O–H groups in total. The van der Waals surface area contributed by atoms with E-state index in [1.54, 1.807) is 6.92 Å². The Morgan fingerprint density at radius 1 is 1.47 bits per heavy atom. The van der Waals surface area contributed by atoms with Gasteiger partial charge >= 0.3 is 0 Å². The Balaban J connectivity index is 2.13. The standard InChI is InChI=1S/C14H18NO2/c1-11(17)9-15-8-7-13(14(15)10-16)12-5-3-2-4-6-12/h2-6,11,13-14,17H,7-9H2,1H3/t11?,13?,14-/m1/s1. The molecule has 17 heavy (non-hydrogen) atoms. The molecule has 0 aromatic heterocycles. The summed E-state index contributed by atoms with van der Waals surface area (Å²) < 4.78 is 0. The minimum atomic E-state index is -0.402. The minimum absolute atomic E-state index is 0.215. The van der Waals surface area contributed by atoms with Gasteiger partial charge in [0.1, 0.15) is 0 Å². The molecule has 0 spiro atoms. The largest absolute Gasteiger partial charge is 0.392 e. The van der Waals surface area contributed by atoms with Crippen molar-refractivity contribution >= 4 is 6.29 Å². The van der Waals surface area contributed by atoms with Crippen LogP contribution in [0.15, 0.2) is 30.3 Å². The Hall–Kier alpha value is -1.19. The lowest BCUT2D eigenvalue weighted by atomic mass is 9.92. The topological polar surface area (TPSA) is 40.5 Å². The van der Waals surface area contributed by atoms with Crippen LogP contribution in [0.3, 0.4) is 0 Å². The third-order valence-electron chi connectivity index (χ3n) is 3.35. The summed E-state index contributed by atoms with van der Waals surface area (Å²) in [5, 5.41) is 9.41. The van der Waals surface area contributed by atoms with E-state index in [0.717, 1.165) is 13.0 Å².